The summed E-state index contributed by atoms with van der Waals surface area (Å²) in [6, 6.07) is 6.71. The van der Waals surface area contributed by atoms with Gasteiger partial charge in [0.2, 0.25) is 0 Å². The Kier molecular flexibility index (Phi) is 4.48. The molecule has 3 aromatic rings. The zero-order valence-electron chi connectivity index (χ0n) is 13.2. The number of fused-ring (bicyclic) bond motifs is 1. The van der Waals surface area contributed by atoms with Gasteiger partial charge in [0, 0.05) is 6.54 Å². The van der Waals surface area contributed by atoms with E-state index < -0.39 is 0 Å². The van der Waals surface area contributed by atoms with Crippen molar-refractivity contribution in [3.8, 4) is 10.6 Å². The van der Waals surface area contributed by atoms with Crippen LogP contribution in [0.4, 0.5) is 10.6 Å². The number of thiophene rings is 1. The van der Waals surface area contributed by atoms with Crippen molar-refractivity contribution < 1.29 is 9.59 Å². The minimum Gasteiger partial charge on any atom is -0.338 e. The summed E-state index contributed by atoms with van der Waals surface area (Å²) in [6.07, 6.45) is 1.65. The molecule has 2 N–H and O–H groups in total. The van der Waals surface area contributed by atoms with Crippen LogP contribution >= 0.6 is 11.3 Å². The van der Waals surface area contributed by atoms with E-state index in [2.05, 4.69) is 25.6 Å². The van der Waals surface area contributed by atoms with Crippen LogP contribution in [-0.4, -0.2) is 33.3 Å². The van der Waals surface area contributed by atoms with Crippen LogP contribution in [0.3, 0.4) is 0 Å². The van der Waals surface area contributed by atoms with Gasteiger partial charge in [-0.25, -0.2) is 14.8 Å². The van der Waals surface area contributed by atoms with E-state index in [-0.39, 0.29) is 11.8 Å². The lowest BCUT2D eigenvalue weighted by Crippen LogP contribution is -2.28. The lowest BCUT2D eigenvalue weighted by molar-refractivity contribution is 0.102. The second kappa shape index (κ2) is 6.71. The van der Waals surface area contributed by atoms with E-state index in [0.29, 0.717) is 34.1 Å². The molecule has 0 aromatic carbocycles. The van der Waals surface area contributed by atoms with E-state index in [4.69, 9.17) is 0 Å². The molecule has 0 bridgehead atoms. The summed E-state index contributed by atoms with van der Waals surface area (Å²) in [5.41, 5.74) is 1.70. The average Bonchev–Trinajstić information content (AvgIpc) is 3.04. The number of anilines is 1. The van der Waals surface area contributed by atoms with Crippen LogP contribution in [0.15, 0.2) is 30.5 Å². The van der Waals surface area contributed by atoms with Crippen molar-refractivity contribution in [1.29, 1.82) is 0 Å². The second-order valence-electron chi connectivity index (χ2n) is 5.00. The molecule has 0 aliphatic carbocycles. The Morgan fingerprint density at radius 3 is 2.71 bits per heavy atom. The van der Waals surface area contributed by atoms with Gasteiger partial charge in [0.15, 0.2) is 11.4 Å². The highest BCUT2D eigenvalue weighted by atomic mass is 32.1. The molecule has 0 aliphatic rings. The molecule has 0 atom stereocenters. The monoisotopic (exact) mass is 341 g/mol. The number of carbonyl (C=O) groups is 2. The third-order valence-corrected chi connectivity index (χ3v) is 4.40. The first-order chi connectivity index (χ1) is 11.6. The number of nitrogens with one attached hydrogen (secondary N) is 2. The number of rotatable bonds is 4. The number of ketones is 1. The van der Waals surface area contributed by atoms with E-state index in [1.54, 1.807) is 24.4 Å². The number of hydrogen-bond donors (Lipinski definition) is 2. The fourth-order valence-corrected chi connectivity index (χ4v) is 2.93. The summed E-state index contributed by atoms with van der Waals surface area (Å²) in [5, 5.41) is 5.28. The maximum absolute atomic E-state index is 11.6. The quantitative estimate of drug-likeness (QED) is 0.711. The Hall–Kier alpha value is -2.87. The Labute approximate surface area is 142 Å². The molecule has 3 aromatic heterocycles. The summed E-state index contributed by atoms with van der Waals surface area (Å²) in [7, 11) is 0. The molecule has 0 saturated heterocycles. The van der Waals surface area contributed by atoms with Crippen molar-refractivity contribution in [2.45, 2.75) is 13.8 Å². The van der Waals surface area contributed by atoms with Gasteiger partial charge >= 0.3 is 6.03 Å². The number of amides is 2. The highest BCUT2D eigenvalue weighted by Gasteiger charge is 2.10. The van der Waals surface area contributed by atoms with Crippen LogP contribution in [0.5, 0.6) is 0 Å². The normalized spacial score (nSPS) is 10.6. The van der Waals surface area contributed by atoms with E-state index >= 15 is 0 Å². The van der Waals surface area contributed by atoms with E-state index in [9.17, 15) is 9.59 Å². The standard InChI is InChI=1S/C16H15N5O2S/c1-3-17-16(23)21-14-7-4-10-15(20-14)19-11(8-18-10)13-6-5-12(24-13)9(2)22/h4-8H,3H2,1-2H3,(H2,17,19,20,21,23). The molecule has 24 heavy (non-hydrogen) atoms. The SMILES string of the molecule is CCNC(=O)Nc1ccc2ncc(-c3ccc(C(C)=O)s3)nc2n1. The molecular weight excluding hydrogens is 326 g/mol. The maximum Gasteiger partial charge on any atom is 0.320 e. The first-order valence-corrected chi connectivity index (χ1v) is 8.18. The van der Waals surface area contributed by atoms with Gasteiger partial charge in [-0.1, -0.05) is 0 Å². The highest BCUT2D eigenvalue weighted by molar-refractivity contribution is 7.17. The fourth-order valence-electron chi connectivity index (χ4n) is 2.07. The second-order valence-corrected chi connectivity index (χ2v) is 6.08. The Morgan fingerprint density at radius 2 is 2.00 bits per heavy atom. The molecule has 7 nitrogen and oxygen atoms in total. The molecule has 8 heteroatoms. The Balaban J connectivity index is 1.93. The van der Waals surface area contributed by atoms with Crippen molar-refractivity contribution in [3.05, 3.63) is 35.3 Å². The van der Waals surface area contributed by atoms with E-state index in [1.165, 1.54) is 18.3 Å². The summed E-state index contributed by atoms with van der Waals surface area (Å²) < 4.78 is 0. The fraction of sp³-hybridized carbons (Fsp3) is 0.188. The van der Waals surface area contributed by atoms with Gasteiger partial charge in [-0.3, -0.25) is 15.1 Å². The number of aromatic nitrogens is 3. The minimum absolute atomic E-state index is 0.0200. The molecule has 2 amide bonds. The minimum atomic E-state index is -0.321. The lowest BCUT2D eigenvalue weighted by Gasteiger charge is -2.06. The molecule has 0 radical (unpaired) electrons. The number of hydrogen-bond acceptors (Lipinski definition) is 6. The van der Waals surface area contributed by atoms with Gasteiger partial charge in [-0.2, -0.15) is 0 Å². The lowest BCUT2D eigenvalue weighted by atomic mass is 10.3. The summed E-state index contributed by atoms with van der Waals surface area (Å²) in [4.78, 5) is 37.7. The van der Waals surface area contributed by atoms with Crippen molar-refractivity contribution in [3.63, 3.8) is 0 Å². The Morgan fingerprint density at radius 1 is 1.17 bits per heavy atom. The van der Waals surface area contributed by atoms with Crippen LogP contribution in [-0.2, 0) is 0 Å². The topological polar surface area (TPSA) is 96.9 Å². The molecule has 3 heterocycles. The number of carbonyl (C=O) groups excluding carboxylic acids is 2. The van der Waals surface area contributed by atoms with Crippen molar-refractivity contribution in [2.24, 2.45) is 0 Å². The van der Waals surface area contributed by atoms with Crippen LogP contribution in [0.25, 0.3) is 21.7 Å². The van der Waals surface area contributed by atoms with E-state index in [0.717, 1.165) is 4.88 Å². The van der Waals surface area contributed by atoms with Gasteiger partial charge in [-0.15, -0.1) is 11.3 Å². The van der Waals surface area contributed by atoms with Gasteiger partial charge in [0.05, 0.1) is 16.0 Å². The van der Waals surface area contributed by atoms with Crippen LogP contribution in [0.1, 0.15) is 23.5 Å². The van der Waals surface area contributed by atoms with Gasteiger partial charge in [-0.05, 0) is 38.1 Å². The van der Waals surface area contributed by atoms with Gasteiger partial charge in [0.1, 0.15) is 17.0 Å². The molecule has 0 spiro atoms. The van der Waals surface area contributed by atoms with Crippen LogP contribution < -0.4 is 10.6 Å². The number of Topliss-reactive ketones (excluding diaryl/α,β-unsaturated/α-hetero) is 1. The zero-order chi connectivity index (χ0) is 17.1. The first-order valence-electron chi connectivity index (χ1n) is 7.36. The predicted octanol–water partition coefficient (Wildman–Crippen LogP) is 3.10. The molecule has 0 saturated carbocycles. The summed E-state index contributed by atoms with van der Waals surface area (Å²) in [5.74, 6) is 0.419. The molecule has 0 aliphatic heterocycles. The van der Waals surface area contributed by atoms with E-state index in [1.807, 2.05) is 13.0 Å². The molecule has 122 valence electrons. The summed E-state index contributed by atoms with van der Waals surface area (Å²) >= 11 is 1.36. The van der Waals surface area contributed by atoms with Gasteiger partial charge in [0.25, 0.3) is 0 Å². The first kappa shape index (κ1) is 16.0. The molecular formula is C16H15N5O2S. The van der Waals surface area contributed by atoms with Crippen LogP contribution in [0, 0.1) is 0 Å². The van der Waals surface area contributed by atoms with Crippen LogP contribution in [0.2, 0.25) is 0 Å². The number of pyridine rings is 1. The number of urea groups is 1. The van der Waals surface area contributed by atoms with Crippen molar-refractivity contribution >= 4 is 40.1 Å². The average molecular weight is 341 g/mol. The van der Waals surface area contributed by atoms with Crippen molar-refractivity contribution in [1.82, 2.24) is 20.3 Å². The largest absolute Gasteiger partial charge is 0.338 e. The third-order valence-electron chi connectivity index (χ3n) is 3.19. The smallest absolute Gasteiger partial charge is 0.320 e. The molecule has 0 fully saturated rings. The molecule has 0 unspecified atom stereocenters. The predicted molar refractivity (Wildman–Crippen MR) is 93.3 cm³/mol. The highest BCUT2D eigenvalue weighted by Crippen LogP contribution is 2.27. The zero-order valence-corrected chi connectivity index (χ0v) is 14.0. The summed E-state index contributed by atoms with van der Waals surface area (Å²) in [6.45, 7) is 3.89. The van der Waals surface area contributed by atoms with Gasteiger partial charge < -0.3 is 5.32 Å². The Bertz CT molecular complexity index is 922. The molecule has 3 rings (SSSR count). The number of nitrogens with zero attached hydrogens (tertiary/aromatic N) is 3. The maximum atomic E-state index is 11.6. The van der Waals surface area contributed by atoms with Crippen molar-refractivity contribution in [2.75, 3.05) is 11.9 Å². The third kappa shape index (κ3) is 3.38.